The number of aromatic amines is 1. The van der Waals surface area contributed by atoms with E-state index in [2.05, 4.69) is 62.2 Å². The Hall–Kier alpha value is -2.74. The standard InChI is InChI=1S/C21H19NO/c1-12-6-4-8-15(14(12)3)18-11-10-17-16-9-5-7-13(2)19(16)22-20(17)21(18)23/h4-11,22-23H,1-3H3. The number of benzene rings is 3. The van der Waals surface area contributed by atoms with Crippen molar-refractivity contribution in [1.29, 1.82) is 0 Å². The van der Waals surface area contributed by atoms with Crippen LogP contribution >= 0.6 is 0 Å². The average molecular weight is 301 g/mol. The molecule has 0 saturated carbocycles. The minimum Gasteiger partial charge on any atom is -0.505 e. The zero-order valence-electron chi connectivity index (χ0n) is 13.6. The summed E-state index contributed by atoms with van der Waals surface area (Å²) in [7, 11) is 0. The summed E-state index contributed by atoms with van der Waals surface area (Å²) in [6.07, 6.45) is 0. The lowest BCUT2D eigenvalue weighted by Gasteiger charge is -2.11. The second kappa shape index (κ2) is 4.88. The van der Waals surface area contributed by atoms with Crippen LogP contribution in [0.5, 0.6) is 5.75 Å². The topological polar surface area (TPSA) is 36.0 Å². The quantitative estimate of drug-likeness (QED) is 0.470. The van der Waals surface area contributed by atoms with Crippen molar-refractivity contribution in [1.82, 2.24) is 4.98 Å². The zero-order chi connectivity index (χ0) is 16.1. The van der Waals surface area contributed by atoms with Gasteiger partial charge in [-0.15, -0.1) is 0 Å². The van der Waals surface area contributed by atoms with Gasteiger partial charge < -0.3 is 10.1 Å². The first-order valence-corrected chi connectivity index (χ1v) is 7.87. The SMILES string of the molecule is Cc1cccc(-c2ccc3c([nH]c4c(C)cccc43)c2O)c1C. The Balaban J connectivity index is 2.07. The lowest BCUT2D eigenvalue weighted by molar-refractivity contribution is 0.482. The van der Waals surface area contributed by atoms with Crippen LogP contribution in [0.3, 0.4) is 0 Å². The van der Waals surface area contributed by atoms with E-state index in [1.165, 1.54) is 16.7 Å². The lowest BCUT2D eigenvalue weighted by Crippen LogP contribution is -1.88. The monoisotopic (exact) mass is 301 g/mol. The molecule has 1 heterocycles. The molecule has 2 N–H and O–H groups in total. The second-order valence-electron chi connectivity index (χ2n) is 6.25. The molecule has 0 spiro atoms. The summed E-state index contributed by atoms with van der Waals surface area (Å²) in [6, 6.07) is 16.6. The second-order valence-corrected chi connectivity index (χ2v) is 6.25. The van der Waals surface area contributed by atoms with Crippen LogP contribution in [0.25, 0.3) is 32.9 Å². The van der Waals surface area contributed by atoms with Crippen LogP contribution in [-0.2, 0) is 0 Å². The summed E-state index contributed by atoms with van der Waals surface area (Å²) >= 11 is 0. The average Bonchev–Trinajstić information content (AvgIpc) is 2.92. The van der Waals surface area contributed by atoms with Crippen molar-refractivity contribution >= 4 is 21.8 Å². The highest BCUT2D eigenvalue weighted by Crippen LogP contribution is 2.40. The van der Waals surface area contributed by atoms with E-state index >= 15 is 0 Å². The predicted octanol–water partition coefficient (Wildman–Crippen LogP) is 5.62. The number of para-hydroxylation sites is 1. The normalized spacial score (nSPS) is 11.4. The Bertz CT molecular complexity index is 1060. The predicted molar refractivity (Wildman–Crippen MR) is 97.1 cm³/mol. The molecular weight excluding hydrogens is 282 g/mol. The Morgan fingerprint density at radius 3 is 2.22 bits per heavy atom. The van der Waals surface area contributed by atoms with Gasteiger partial charge in [0.1, 0.15) is 5.75 Å². The van der Waals surface area contributed by atoms with Crippen LogP contribution in [0.4, 0.5) is 0 Å². The number of hydrogen-bond acceptors (Lipinski definition) is 1. The number of aryl methyl sites for hydroxylation is 2. The molecule has 0 aliphatic carbocycles. The van der Waals surface area contributed by atoms with Gasteiger partial charge in [0.2, 0.25) is 0 Å². The van der Waals surface area contributed by atoms with E-state index in [1.54, 1.807) is 0 Å². The molecule has 114 valence electrons. The van der Waals surface area contributed by atoms with Crippen LogP contribution in [0.2, 0.25) is 0 Å². The molecule has 0 amide bonds. The molecule has 0 bridgehead atoms. The number of H-pyrrole nitrogens is 1. The lowest BCUT2D eigenvalue weighted by atomic mass is 9.95. The summed E-state index contributed by atoms with van der Waals surface area (Å²) in [5.74, 6) is 0.326. The highest BCUT2D eigenvalue weighted by Gasteiger charge is 2.15. The Morgan fingerprint density at radius 1 is 0.696 bits per heavy atom. The number of aromatic nitrogens is 1. The largest absolute Gasteiger partial charge is 0.505 e. The number of aromatic hydroxyl groups is 1. The van der Waals surface area contributed by atoms with Crippen LogP contribution in [0.15, 0.2) is 48.5 Å². The van der Waals surface area contributed by atoms with E-state index in [4.69, 9.17) is 0 Å². The van der Waals surface area contributed by atoms with Crippen molar-refractivity contribution < 1.29 is 5.11 Å². The van der Waals surface area contributed by atoms with Crippen molar-refractivity contribution in [2.24, 2.45) is 0 Å². The molecule has 23 heavy (non-hydrogen) atoms. The third kappa shape index (κ3) is 1.95. The number of fused-ring (bicyclic) bond motifs is 3. The molecule has 2 heteroatoms. The first kappa shape index (κ1) is 13.9. The van der Waals surface area contributed by atoms with Gasteiger partial charge in [0.25, 0.3) is 0 Å². The van der Waals surface area contributed by atoms with Gasteiger partial charge in [-0.3, -0.25) is 0 Å². The fourth-order valence-electron chi connectivity index (χ4n) is 3.39. The van der Waals surface area contributed by atoms with E-state index in [0.717, 1.165) is 32.9 Å². The molecule has 4 rings (SSSR count). The van der Waals surface area contributed by atoms with Gasteiger partial charge in [-0.25, -0.2) is 0 Å². The van der Waals surface area contributed by atoms with Gasteiger partial charge in [-0.05, 0) is 49.1 Å². The molecule has 0 fully saturated rings. The summed E-state index contributed by atoms with van der Waals surface area (Å²) < 4.78 is 0. The van der Waals surface area contributed by atoms with E-state index in [0.29, 0.717) is 5.75 Å². The number of phenolic OH excluding ortho intramolecular Hbond substituents is 1. The molecule has 0 aliphatic heterocycles. The molecule has 0 radical (unpaired) electrons. The fourth-order valence-corrected chi connectivity index (χ4v) is 3.39. The molecule has 1 aromatic heterocycles. The van der Waals surface area contributed by atoms with Crippen LogP contribution in [-0.4, -0.2) is 10.1 Å². The summed E-state index contributed by atoms with van der Waals surface area (Å²) in [5, 5.41) is 13.1. The third-order valence-corrected chi connectivity index (χ3v) is 4.89. The van der Waals surface area contributed by atoms with Gasteiger partial charge in [-0.1, -0.05) is 42.5 Å². The van der Waals surface area contributed by atoms with Crippen LogP contribution < -0.4 is 0 Å². The van der Waals surface area contributed by atoms with Gasteiger partial charge >= 0.3 is 0 Å². The van der Waals surface area contributed by atoms with Crippen LogP contribution in [0.1, 0.15) is 16.7 Å². The van der Waals surface area contributed by atoms with Crippen LogP contribution in [0, 0.1) is 20.8 Å². The Kier molecular flexibility index (Phi) is 2.95. The van der Waals surface area contributed by atoms with E-state index in [-0.39, 0.29) is 0 Å². The van der Waals surface area contributed by atoms with Crippen molar-refractivity contribution in [2.75, 3.05) is 0 Å². The molecule has 0 atom stereocenters. The fraction of sp³-hybridized carbons (Fsp3) is 0.143. The van der Waals surface area contributed by atoms with Gasteiger partial charge in [0.15, 0.2) is 0 Å². The number of hydrogen-bond donors (Lipinski definition) is 2. The van der Waals surface area contributed by atoms with E-state index in [1.807, 2.05) is 12.1 Å². The number of phenols is 1. The van der Waals surface area contributed by atoms with Gasteiger partial charge in [-0.2, -0.15) is 0 Å². The van der Waals surface area contributed by atoms with Crippen molar-refractivity contribution in [2.45, 2.75) is 20.8 Å². The summed E-state index contributed by atoms with van der Waals surface area (Å²) in [4.78, 5) is 3.41. The maximum absolute atomic E-state index is 10.9. The first-order chi connectivity index (χ1) is 11.1. The molecule has 4 aromatic rings. The van der Waals surface area contributed by atoms with E-state index in [9.17, 15) is 5.11 Å². The maximum Gasteiger partial charge on any atom is 0.147 e. The highest BCUT2D eigenvalue weighted by molar-refractivity contribution is 6.11. The number of nitrogens with one attached hydrogen (secondary N) is 1. The minimum absolute atomic E-state index is 0.326. The zero-order valence-corrected chi connectivity index (χ0v) is 13.6. The summed E-state index contributed by atoms with van der Waals surface area (Å²) in [5.41, 5.74) is 7.49. The van der Waals surface area contributed by atoms with Crippen molar-refractivity contribution in [3.05, 3.63) is 65.2 Å². The first-order valence-electron chi connectivity index (χ1n) is 7.87. The Morgan fingerprint density at radius 2 is 1.39 bits per heavy atom. The molecular formula is C21H19NO. The van der Waals surface area contributed by atoms with Gasteiger partial charge in [0.05, 0.1) is 5.52 Å². The minimum atomic E-state index is 0.326. The third-order valence-electron chi connectivity index (χ3n) is 4.89. The maximum atomic E-state index is 10.9. The number of rotatable bonds is 1. The van der Waals surface area contributed by atoms with Gasteiger partial charge in [0, 0.05) is 21.9 Å². The van der Waals surface area contributed by atoms with E-state index < -0.39 is 0 Å². The molecule has 2 nitrogen and oxygen atoms in total. The molecule has 0 saturated heterocycles. The highest BCUT2D eigenvalue weighted by atomic mass is 16.3. The Labute approximate surface area is 135 Å². The molecule has 3 aromatic carbocycles. The smallest absolute Gasteiger partial charge is 0.147 e. The van der Waals surface area contributed by atoms with Crippen molar-refractivity contribution in [3.8, 4) is 16.9 Å². The molecule has 0 unspecified atom stereocenters. The van der Waals surface area contributed by atoms with Crippen molar-refractivity contribution in [3.63, 3.8) is 0 Å². The molecule has 0 aliphatic rings. The summed E-state index contributed by atoms with van der Waals surface area (Å²) in [6.45, 7) is 6.28.